The summed E-state index contributed by atoms with van der Waals surface area (Å²) < 4.78 is 23.9. The number of carbonyl (C=O) groups is 1. The summed E-state index contributed by atoms with van der Waals surface area (Å²) in [5, 5.41) is 9.10. The molecule has 2 aromatic rings. The van der Waals surface area contributed by atoms with Gasteiger partial charge in [0.1, 0.15) is 5.56 Å². The highest BCUT2D eigenvalue weighted by atomic mass is 19.1. The molecule has 0 aliphatic carbocycles. The Morgan fingerprint density at radius 2 is 2.05 bits per heavy atom. The number of carboxylic acids is 1. The number of carboxylic acid groups (broad SMARTS) is 1. The van der Waals surface area contributed by atoms with Gasteiger partial charge in [0.2, 0.25) is 5.88 Å². The predicted octanol–water partition coefficient (Wildman–Crippen LogP) is 2.60. The fourth-order valence-corrected chi connectivity index (χ4v) is 1.81. The molecule has 1 aromatic heterocycles. The molecule has 1 N–H and O–H groups in total. The van der Waals surface area contributed by atoms with Crippen LogP contribution in [0.5, 0.6) is 11.6 Å². The van der Waals surface area contributed by atoms with Crippen molar-refractivity contribution in [1.82, 2.24) is 4.98 Å². The topological polar surface area (TPSA) is 68.7 Å². The van der Waals surface area contributed by atoms with E-state index in [0.717, 1.165) is 0 Å². The van der Waals surface area contributed by atoms with Crippen LogP contribution < -0.4 is 9.47 Å². The van der Waals surface area contributed by atoms with Gasteiger partial charge in [0.15, 0.2) is 11.6 Å². The summed E-state index contributed by atoms with van der Waals surface area (Å²) >= 11 is 0. The van der Waals surface area contributed by atoms with Crippen molar-refractivity contribution in [3.8, 4) is 22.8 Å². The zero-order valence-electron chi connectivity index (χ0n) is 10.9. The number of aromatic carboxylic acids is 1. The molecule has 6 heteroatoms. The molecule has 0 aliphatic heterocycles. The molecule has 0 fully saturated rings. The molecule has 20 heavy (non-hydrogen) atoms. The van der Waals surface area contributed by atoms with Gasteiger partial charge in [0.05, 0.1) is 14.2 Å². The normalized spacial score (nSPS) is 10.2. The lowest BCUT2D eigenvalue weighted by Gasteiger charge is -2.09. The first-order chi connectivity index (χ1) is 9.58. The van der Waals surface area contributed by atoms with E-state index in [4.69, 9.17) is 14.6 Å². The van der Waals surface area contributed by atoms with Gasteiger partial charge in [0.25, 0.3) is 0 Å². The van der Waals surface area contributed by atoms with Crippen molar-refractivity contribution in [2.45, 2.75) is 0 Å². The van der Waals surface area contributed by atoms with Gasteiger partial charge in [0, 0.05) is 17.3 Å². The summed E-state index contributed by atoms with van der Waals surface area (Å²) in [4.78, 5) is 15.0. The number of nitrogens with zero attached hydrogens (tertiary/aromatic N) is 1. The van der Waals surface area contributed by atoms with Gasteiger partial charge in [-0.25, -0.2) is 14.2 Å². The maximum absolute atomic E-state index is 14.1. The Labute approximate surface area is 114 Å². The molecule has 1 heterocycles. The summed E-state index contributed by atoms with van der Waals surface area (Å²) in [7, 11) is 2.68. The summed E-state index contributed by atoms with van der Waals surface area (Å²) in [5.74, 6) is -1.71. The van der Waals surface area contributed by atoms with Crippen molar-refractivity contribution in [3.05, 3.63) is 41.8 Å². The first-order valence-corrected chi connectivity index (χ1v) is 5.68. The van der Waals surface area contributed by atoms with Crippen LogP contribution in [0, 0.1) is 5.82 Å². The molecule has 0 spiro atoms. The average molecular weight is 277 g/mol. The zero-order chi connectivity index (χ0) is 14.7. The van der Waals surface area contributed by atoms with Gasteiger partial charge in [-0.2, -0.15) is 0 Å². The van der Waals surface area contributed by atoms with Crippen LogP contribution in [0.25, 0.3) is 11.1 Å². The van der Waals surface area contributed by atoms with E-state index in [-0.39, 0.29) is 22.8 Å². The third-order valence-electron chi connectivity index (χ3n) is 2.77. The Morgan fingerprint density at radius 1 is 1.30 bits per heavy atom. The fourth-order valence-electron chi connectivity index (χ4n) is 1.81. The van der Waals surface area contributed by atoms with Gasteiger partial charge < -0.3 is 14.6 Å². The fraction of sp³-hybridized carbons (Fsp3) is 0.143. The smallest absolute Gasteiger partial charge is 0.341 e. The van der Waals surface area contributed by atoms with Crippen LogP contribution in [0.2, 0.25) is 0 Å². The summed E-state index contributed by atoms with van der Waals surface area (Å²) in [5.41, 5.74) is 0.411. The van der Waals surface area contributed by atoms with Crippen molar-refractivity contribution in [1.29, 1.82) is 0 Å². The molecule has 0 atom stereocenters. The number of aromatic nitrogens is 1. The van der Waals surface area contributed by atoms with E-state index in [1.165, 1.54) is 38.6 Å². The van der Waals surface area contributed by atoms with Gasteiger partial charge in [-0.05, 0) is 12.1 Å². The van der Waals surface area contributed by atoms with Crippen molar-refractivity contribution in [3.63, 3.8) is 0 Å². The zero-order valence-corrected chi connectivity index (χ0v) is 10.9. The van der Waals surface area contributed by atoms with Gasteiger partial charge in [-0.3, -0.25) is 0 Å². The summed E-state index contributed by atoms with van der Waals surface area (Å²) in [6, 6.07) is 5.93. The van der Waals surface area contributed by atoms with Crippen molar-refractivity contribution < 1.29 is 23.8 Å². The number of pyridine rings is 1. The Kier molecular flexibility index (Phi) is 3.84. The number of hydrogen-bond acceptors (Lipinski definition) is 4. The monoisotopic (exact) mass is 277 g/mol. The highest BCUT2D eigenvalue weighted by Crippen LogP contribution is 2.30. The highest BCUT2D eigenvalue weighted by Gasteiger charge is 2.16. The largest absolute Gasteiger partial charge is 0.494 e. The number of methoxy groups -OCH3 is 2. The predicted molar refractivity (Wildman–Crippen MR) is 69.7 cm³/mol. The third-order valence-corrected chi connectivity index (χ3v) is 2.77. The standard InChI is InChI=1S/C14H12FNO4/c1-19-11-5-3-4-9(12(11)15)8-6-10(14(17)18)13(20-2)16-7-8/h3-7H,1-2H3,(H,17,18). The molecule has 0 saturated heterocycles. The number of halogens is 1. The SMILES string of the molecule is COc1cccc(-c2cnc(OC)c(C(=O)O)c2)c1F. The lowest BCUT2D eigenvalue weighted by atomic mass is 10.0. The van der Waals surface area contributed by atoms with E-state index in [1.807, 2.05) is 0 Å². The third kappa shape index (κ3) is 2.40. The minimum Gasteiger partial charge on any atom is -0.494 e. The Bertz CT molecular complexity index is 658. The first-order valence-electron chi connectivity index (χ1n) is 5.68. The quantitative estimate of drug-likeness (QED) is 0.930. The summed E-state index contributed by atoms with van der Waals surface area (Å²) in [6.07, 6.45) is 1.35. The van der Waals surface area contributed by atoms with Gasteiger partial charge >= 0.3 is 5.97 Å². The second-order valence-electron chi connectivity index (χ2n) is 3.91. The van der Waals surface area contributed by atoms with Crippen LogP contribution in [0.15, 0.2) is 30.5 Å². The molecule has 0 amide bonds. The Balaban J connectivity index is 2.59. The number of rotatable bonds is 4. The van der Waals surface area contributed by atoms with Crippen molar-refractivity contribution >= 4 is 5.97 Å². The molecule has 0 aliphatic rings. The molecule has 0 saturated carbocycles. The molecule has 5 nitrogen and oxygen atoms in total. The Hall–Kier alpha value is -2.63. The molecule has 0 radical (unpaired) electrons. The van der Waals surface area contributed by atoms with Crippen LogP contribution in [-0.4, -0.2) is 30.3 Å². The lowest BCUT2D eigenvalue weighted by molar-refractivity contribution is 0.0692. The number of benzene rings is 1. The highest BCUT2D eigenvalue weighted by molar-refractivity contribution is 5.91. The van der Waals surface area contributed by atoms with Gasteiger partial charge in [-0.15, -0.1) is 0 Å². The average Bonchev–Trinajstić information content (AvgIpc) is 2.46. The van der Waals surface area contributed by atoms with Crippen LogP contribution in [0.4, 0.5) is 4.39 Å². The second kappa shape index (κ2) is 5.56. The molecular weight excluding hydrogens is 265 g/mol. The van der Waals surface area contributed by atoms with E-state index in [9.17, 15) is 9.18 Å². The number of ether oxygens (including phenoxy) is 2. The van der Waals surface area contributed by atoms with E-state index in [0.29, 0.717) is 5.56 Å². The first kappa shape index (κ1) is 13.8. The van der Waals surface area contributed by atoms with Crippen LogP contribution in [-0.2, 0) is 0 Å². The molecule has 104 valence electrons. The molecule has 2 rings (SSSR count). The van der Waals surface area contributed by atoms with Crippen LogP contribution in [0.1, 0.15) is 10.4 Å². The van der Waals surface area contributed by atoms with Crippen molar-refractivity contribution in [2.24, 2.45) is 0 Å². The van der Waals surface area contributed by atoms with Crippen LogP contribution >= 0.6 is 0 Å². The maximum Gasteiger partial charge on any atom is 0.341 e. The summed E-state index contributed by atoms with van der Waals surface area (Å²) in [6.45, 7) is 0. The molecule has 1 aromatic carbocycles. The molecule has 0 unspecified atom stereocenters. The Morgan fingerprint density at radius 3 is 2.65 bits per heavy atom. The molecular formula is C14H12FNO4. The van der Waals surface area contributed by atoms with Crippen molar-refractivity contribution in [2.75, 3.05) is 14.2 Å². The van der Waals surface area contributed by atoms with Gasteiger partial charge in [-0.1, -0.05) is 12.1 Å². The minimum atomic E-state index is -1.19. The second-order valence-corrected chi connectivity index (χ2v) is 3.91. The van der Waals surface area contributed by atoms with E-state index < -0.39 is 11.8 Å². The van der Waals surface area contributed by atoms with E-state index in [2.05, 4.69) is 4.98 Å². The minimum absolute atomic E-state index is 0.0236. The molecule has 0 bridgehead atoms. The van der Waals surface area contributed by atoms with E-state index in [1.54, 1.807) is 6.07 Å². The van der Waals surface area contributed by atoms with Crippen LogP contribution in [0.3, 0.4) is 0 Å². The number of hydrogen-bond donors (Lipinski definition) is 1. The maximum atomic E-state index is 14.1. The lowest BCUT2D eigenvalue weighted by Crippen LogP contribution is -2.03. The van der Waals surface area contributed by atoms with E-state index >= 15 is 0 Å².